The molecule has 4 heteroatoms. The number of hydrogen-bond donors (Lipinski definition) is 1. The molecule has 0 saturated carbocycles. The minimum atomic E-state index is 0.0229. The van der Waals surface area contributed by atoms with E-state index >= 15 is 0 Å². The summed E-state index contributed by atoms with van der Waals surface area (Å²) in [5, 5.41) is 5.03. The fourth-order valence-corrected chi connectivity index (χ4v) is 3.82. The Hall–Kier alpha value is -1.13. The highest BCUT2D eigenvalue weighted by molar-refractivity contribution is 9.10. The zero-order valence-electron chi connectivity index (χ0n) is 9.65. The molecule has 92 valence electrons. The number of carbonyl (C=O) groups is 1. The van der Waals surface area contributed by atoms with Gasteiger partial charge in [0.1, 0.15) is 4.88 Å². The van der Waals surface area contributed by atoms with Crippen LogP contribution in [0.1, 0.15) is 20.8 Å². The molecular weight excluding hydrogens is 310 g/mol. The van der Waals surface area contributed by atoms with Crippen LogP contribution < -0.4 is 5.32 Å². The maximum atomic E-state index is 12.1. The topological polar surface area (TPSA) is 29.1 Å². The first kappa shape index (κ1) is 11.9. The van der Waals surface area contributed by atoms with E-state index in [-0.39, 0.29) is 11.9 Å². The Balaban J connectivity index is 1.70. The van der Waals surface area contributed by atoms with Gasteiger partial charge in [0.25, 0.3) is 5.91 Å². The largest absolute Gasteiger partial charge is 0.348 e. The molecule has 18 heavy (non-hydrogen) atoms. The highest BCUT2D eigenvalue weighted by Gasteiger charge is 2.23. The van der Waals surface area contributed by atoms with Crippen LogP contribution in [0.4, 0.5) is 0 Å². The Morgan fingerprint density at radius 1 is 1.22 bits per heavy atom. The monoisotopic (exact) mass is 321 g/mol. The lowest BCUT2D eigenvalue weighted by molar-refractivity contribution is 0.0942. The van der Waals surface area contributed by atoms with Crippen LogP contribution in [0, 0.1) is 0 Å². The van der Waals surface area contributed by atoms with Crippen LogP contribution in [0.15, 0.2) is 40.2 Å². The van der Waals surface area contributed by atoms with Crippen molar-refractivity contribution in [3.8, 4) is 0 Å². The quantitative estimate of drug-likeness (QED) is 0.902. The van der Waals surface area contributed by atoms with E-state index in [2.05, 4.69) is 45.5 Å². The van der Waals surface area contributed by atoms with Crippen molar-refractivity contribution in [2.45, 2.75) is 18.9 Å². The van der Waals surface area contributed by atoms with Gasteiger partial charge in [-0.3, -0.25) is 4.79 Å². The van der Waals surface area contributed by atoms with Gasteiger partial charge >= 0.3 is 0 Å². The van der Waals surface area contributed by atoms with Gasteiger partial charge in [-0.05, 0) is 51.3 Å². The van der Waals surface area contributed by atoms with Crippen molar-refractivity contribution in [1.29, 1.82) is 0 Å². The van der Waals surface area contributed by atoms with E-state index < -0.39 is 0 Å². The number of carbonyl (C=O) groups excluding carboxylic acids is 1. The van der Waals surface area contributed by atoms with Crippen molar-refractivity contribution >= 4 is 33.2 Å². The Labute approximate surface area is 118 Å². The molecule has 0 spiro atoms. The van der Waals surface area contributed by atoms with Crippen molar-refractivity contribution in [3.63, 3.8) is 0 Å². The molecule has 0 radical (unpaired) electrons. The molecule has 1 aliphatic rings. The highest BCUT2D eigenvalue weighted by Crippen LogP contribution is 2.25. The van der Waals surface area contributed by atoms with Gasteiger partial charge in [0.15, 0.2) is 0 Å². The second kappa shape index (κ2) is 4.86. The van der Waals surface area contributed by atoms with Gasteiger partial charge in [-0.25, -0.2) is 0 Å². The minimum absolute atomic E-state index is 0.0229. The molecule has 0 saturated heterocycles. The molecule has 1 amide bonds. The summed E-state index contributed by atoms with van der Waals surface area (Å²) in [6.07, 6.45) is 1.87. The van der Waals surface area contributed by atoms with Crippen molar-refractivity contribution in [3.05, 3.63) is 56.2 Å². The molecule has 1 aliphatic carbocycles. The van der Waals surface area contributed by atoms with E-state index in [9.17, 15) is 4.79 Å². The van der Waals surface area contributed by atoms with Crippen molar-refractivity contribution in [2.75, 3.05) is 0 Å². The van der Waals surface area contributed by atoms with Crippen LogP contribution in [0.5, 0.6) is 0 Å². The van der Waals surface area contributed by atoms with Crippen LogP contribution >= 0.6 is 27.3 Å². The van der Waals surface area contributed by atoms with E-state index in [0.29, 0.717) is 0 Å². The first-order chi connectivity index (χ1) is 8.74. The Morgan fingerprint density at radius 3 is 2.44 bits per heavy atom. The van der Waals surface area contributed by atoms with Gasteiger partial charge in [0.05, 0.1) is 0 Å². The summed E-state index contributed by atoms with van der Waals surface area (Å²) in [6, 6.07) is 10.5. The highest BCUT2D eigenvalue weighted by atomic mass is 79.9. The molecular formula is C14H12BrNOS. The lowest BCUT2D eigenvalue weighted by Crippen LogP contribution is -2.35. The number of amides is 1. The summed E-state index contributed by atoms with van der Waals surface area (Å²) < 4.78 is 0.875. The second-order valence-corrected chi connectivity index (χ2v) is 6.22. The van der Waals surface area contributed by atoms with Crippen LogP contribution in [0.3, 0.4) is 0 Å². The van der Waals surface area contributed by atoms with Gasteiger partial charge in [-0.1, -0.05) is 24.3 Å². The zero-order chi connectivity index (χ0) is 12.5. The normalized spacial score (nSPS) is 14.5. The maximum absolute atomic E-state index is 12.1. The SMILES string of the molecule is O=C(NC1Cc2ccccc2C1)c1sccc1Br. The molecule has 0 atom stereocenters. The van der Waals surface area contributed by atoms with E-state index in [1.807, 2.05) is 11.4 Å². The third kappa shape index (κ3) is 2.22. The number of nitrogens with one attached hydrogen (secondary N) is 1. The second-order valence-electron chi connectivity index (χ2n) is 4.45. The molecule has 0 unspecified atom stereocenters. The van der Waals surface area contributed by atoms with Gasteiger partial charge in [0.2, 0.25) is 0 Å². The number of hydrogen-bond acceptors (Lipinski definition) is 2. The van der Waals surface area contributed by atoms with Crippen molar-refractivity contribution in [2.24, 2.45) is 0 Å². The molecule has 2 nitrogen and oxygen atoms in total. The van der Waals surface area contributed by atoms with Crippen molar-refractivity contribution in [1.82, 2.24) is 5.32 Å². The predicted octanol–water partition coefficient (Wildman–Crippen LogP) is 3.41. The summed E-state index contributed by atoms with van der Waals surface area (Å²) >= 11 is 4.86. The van der Waals surface area contributed by atoms with Crippen LogP contribution in [-0.4, -0.2) is 11.9 Å². The smallest absolute Gasteiger partial charge is 0.262 e. The molecule has 1 aromatic heterocycles. The molecule has 1 heterocycles. The van der Waals surface area contributed by atoms with Crippen LogP contribution in [0.25, 0.3) is 0 Å². The maximum Gasteiger partial charge on any atom is 0.262 e. The predicted molar refractivity (Wildman–Crippen MR) is 77.1 cm³/mol. The average molecular weight is 322 g/mol. The molecule has 1 aromatic carbocycles. The van der Waals surface area contributed by atoms with Gasteiger partial charge < -0.3 is 5.32 Å². The van der Waals surface area contributed by atoms with Gasteiger partial charge in [0, 0.05) is 10.5 Å². The fraction of sp³-hybridized carbons (Fsp3) is 0.214. The number of halogens is 1. The van der Waals surface area contributed by atoms with E-state index in [1.54, 1.807) is 0 Å². The first-order valence-corrected chi connectivity index (χ1v) is 7.52. The summed E-state index contributed by atoms with van der Waals surface area (Å²) in [5.41, 5.74) is 2.71. The minimum Gasteiger partial charge on any atom is -0.348 e. The molecule has 0 aliphatic heterocycles. The molecule has 0 bridgehead atoms. The van der Waals surface area contributed by atoms with Crippen LogP contribution in [0.2, 0.25) is 0 Å². The van der Waals surface area contributed by atoms with E-state index in [4.69, 9.17) is 0 Å². The summed E-state index contributed by atoms with van der Waals surface area (Å²) in [4.78, 5) is 12.9. The Bertz CT molecular complexity index is 568. The molecule has 0 fully saturated rings. The van der Waals surface area contributed by atoms with Gasteiger partial charge in [-0.15, -0.1) is 11.3 Å². The molecule has 2 aromatic rings. The number of benzene rings is 1. The lowest BCUT2D eigenvalue weighted by Gasteiger charge is -2.11. The van der Waals surface area contributed by atoms with E-state index in [0.717, 1.165) is 22.2 Å². The van der Waals surface area contributed by atoms with Gasteiger partial charge in [-0.2, -0.15) is 0 Å². The fourth-order valence-electron chi connectivity index (χ4n) is 2.37. The number of rotatable bonds is 2. The number of fused-ring (bicyclic) bond motifs is 1. The lowest BCUT2D eigenvalue weighted by atomic mass is 10.1. The van der Waals surface area contributed by atoms with Crippen molar-refractivity contribution < 1.29 is 4.79 Å². The van der Waals surface area contributed by atoms with E-state index in [1.165, 1.54) is 22.5 Å². The number of thiophene rings is 1. The zero-order valence-corrected chi connectivity index (χ0v) is 12.1. The Morgan fingerprint density at radius 2 is 1.89 bits per heavy atom. The standard InChI is InChI=1S/C14H12BrNOS/c15-12-5-6-18-13(12)14(17)16-11-7-9-3-1-2-4-10(9)8-11/h1-6,11H,7-8H2,(H,16,17). The summed E-state index contributed by atoms with van der Waals surface area (Å²) in [5.74, 6) is 0.0229. The van der Waals surface area contributed by atoms with Crippen LogP contribution in [-0.2, 0) is 12.8 Å². The summed E-state index contributed by atoms with van der Waals surface area (Å²) in [6.45, 7) is 0. The summed E-state index contributed by atoms with van der Waals surface area (Å²) in [7, 11) is 0. The first-order valence-electron chi connectivity index (χ1n) is 5.84. The third-order valence-corrected chi connectivity index (χ3v) is 5.05. The Kier molecular flexibility index (Phi) is 3.22. The average Bonchev–Trinajstić information content (AvgIpc) is 2.94. The third-order valence-electron chi connectivity index (χ3n) is 3.21. The molecule has 1 N–H and O–H groups in total. The molecule has 3 rings (SSSR count).